The molecule has 0 saturated carbocycles. The average Bonchev–Trinajstić information content (AvgIpc) is 2.95. The summed E-state index contributed by atoms with van der Waals surface area (Å²) < 4.78 is 7.42. The number of halogens is 1. The Morgan fingerprint density at radius 1 is 1.26 bits per heavy atom. The molecule has 0 radical (unpaired) electrons. The van der Waals surface area contributed by atoms with Crippen LogP contribution in [-0.4, -0.2) is 35.4 Å². The van der Waals surface area contributed by atoms with Crippen LogP contribution in [0.4, 0.5) is 0 Å². The lowest BCUT2D eigenvalue weighted by molar-refractivity contribution is 0.322. The van der Waals surface area contributed by atoms with Crippen molar-refractivity contribution in [3.05, 3.63) is 48.3 Å². The van der Waals surface area contributed by atoms with Gasteiger partial charge in [-0.05, 0) is 19.1 Å². The normalized spacial score (nSPS) is 10.8. The molecule has 1 aromatic carbocycles. The summed E-state index contributed by atoms with van der Waals surface area (Å²) in [5.41, 5.74) is 1.08. The van der Waals surface area contributed by atoms with Gasteiger partial charge in [-0.25, -0.2) is 4.99 Å². The third-order valence-electron chi connectivity index (χ3n) is 2.93. The van der Waals surface area contributed by atoms with Crippen LogP contribution in [-0.2, 0) is 13.6 Å². The van der Waals surface area contributed by atoms with Crippen molar-refractivity contribution in [3.8, 4) is 5.75 Å². The van der Waals surface area contributed by atoms with Crippen LogP contribution in [0.1, 0.15) is 12.5 Å². The van der Waals surface area contributed by atoms with E-state index in [1.807, 2.05) is 56.7 Å². The molecule has 2 rings (SSSR count). The first kappa shape index (κ1) is 19.3. The smallest absolute Gasteiger partial charge is 0.191 e. The SMILES string of the molecule is CCNC(=NCc1cnn(C)c1)NCCOc1ccccc1.I. The minimum atomic E-state index is 0. The Hall–Kier alpha value is -1.77. The van der Waals surface area contributed by atoms with Crippen molar-refractivity contribution in [2.75, 3.05) is 19.7 Å². The highest BCUT2D eigenvalue weighted by molar-refractivity contribution is 14.0. The Bertz CT molecular complexity index is 585. The van der Waals surface area contributed by atoms with Gasteiger partial charge in [0.05, 0.1) is 19.3 Å². The molecule has 0 atom stereocenters. The van der Waals surface area contributed by atoms with Gasteiger partial charge >= 0.3 is 0 Å². The van der Waals surface area contributed by atoms with E-state index in [0.717, 1.165) is 23.8 Å². The molecule has 0 aliphatic carbocycles. The maximum absolute atomic E-state index is 5.64. The maximum Gasteiger partial charge on any atom is 0.191 e. The number of ether oxygens (including phenoxy) is 1. The van der Waals surface area contributed by atoms with Crippen LogP contribution in [0.15, 0.2) is 47.7 Å². The summed E-state index contributed by atoms with van der Waals surface area (Å²) in [5, 5.41) is 10.6. The third-order valence-corrected chi connectivity index (χ3v) is 2.93. The molecule has 1 heterocycles. The fourth-order valence-electron chi connectivity index (χ4n) is 1.92. The van der Waals surface area contributed by atoms with E-state index in [-0.39, 0.29) is 24.0 Å². The highest BCUT2D eigenvalue weighted by Gasteiger charge is 1.99. The number of hydrogen-bond acceptors (Lipinski definition) is 3. The Balaban J connectivity index is 0.00000264. The minimum absolute atomic E-state index is 0. The van der Waals surface area contributed by atoms with Crippen molar-refractivity contribution < 1.29 is 4.74 Å². The molecular weight excluding hydrogens is 405 g/mol. The van der Waals surface area contributed by atoms with E-state index in [1.54, 1.807) is 4.68 Å². The number of hydrogen-bond donors (Lipinski definition) is 2. The van der Waals surface area contributed by atoms with Gasteiger partial charge in [-0.1, -0.05) is 18.2 Å². The van der Waals surface area contributed by atoms with Crippen LogP contribution in [0.5, 0.6) is 5.75 Å². The van der Waals surface area contributed by atoms with E-state index in [4.69, 9.17) is 4.74 Å². The molecule has 126 valence electrons. The summed E-state index contributed by atoms with van der Waals surface area (Å²) in [6.07, 6.45) is 3.79. The number of benzene rings is 1. The molecule has 0 unspecified atom stereocenters. The Kier molecular flexibility index (Phi) is 9.11. The molecule has 0 aliphatic heterocycles. The Morgan fingerprint density at radius 3 is 2.70 bits per heavy atom. The number of aliphatic imine (C=N–C) groups is 1. The number of aromatic nitrogens is 2. The molecule has 0 aliphatic rings. The highest BCUT2D eigenvalue weighted by Crippen LogP contribution is 2.07. The second-order valence-corrected chi connectivity index (χ2v) is 4.81. The summed E-state index contributed by atoms with van der Waals surface area (Å²) in [7, 11) is 1.90. The summed E-state index contributed by atoms with van der Waals surface area (Å²) in [6, 6.07) is 9.78. The number of para-hydroxylation sites is 1. The van der Waals surface area contributed by atoms with Gasteiger partial charge in [0.1, 0.15) is 12.4 Å². The average molecular weight is 429 g/mol. The number of rotatable bonds is 7. The van der Waals surface area contributed by atoms with Crippen molar-refractivity contribution >= 4 is 29.9 Å². The Morgan fingerprint density at radius 2 is 2.04 bits per heavy atom. The number of aryl methyl sites for hydroxylation is 1. The van der Waals surface area contributed by atoms with E-state index >= 15 is 0 Å². The third kappa shape index (κ3) is 7.36. The van der Waals surface area contributed by atoms with Crippen LogP contribution in [0.25, 0.3) is 0 Å². The summed E-state index contributed by atoms with van der Waals surface area (Å²) in [5.74, 6) is 1.66. The van der Waals surface area contributed by atoms with Gasteiger partial charge in [-0.3, -0.25) is 4.68 Å². The molecule has 2 aromatic rings. The predicted molar refractivity (Wildman–Crippen MR) is 103 cm³/mol. The second-order valence-electron chi connectivity index (χ2n) is 4.81. The molecule has 0 bridgehead atoms. The molecule has 1 aromatic heterocycles. The van der Waals surface area contributed by atoms with Crippen LogP contribution < -0.4 is 15.4 Å². The lowest BCUT2D eigenvalue weighted by Crippen LogP contribution is -2.39. The lowest BCUT2D eigenvalue weighted by Gasteiger charge is -2.11. The molecule has 0 spiro atoms. The molecule has 0 saturated heterocycles. The zero-order chi connectivity index (χ0) is 15.6. The fourth-order valence-corrected chi connectivity index (χ4v) is 1.92. The number of nitrogens with one attached hydrogen (secondary N) is 2. The number of nitrogens with zero attached hydrogens (tertiary/aromatic N) is 3. The topological polar surface area (TPSA) is 63.5 Å². The van der Waals surface area contributed by atoms with Crippen LogP contribution >= 0.6 is 24.0 Å². The summed E-state index contributed by atoms with van der Waals surface area (Å²) in [4.78, 5) is 4.53. The first-order valence-electron chi connectivity index (χ1n) is 7.45. The van der Waals surface area contributed by atoms with Gasteiger partial charge in [0.25, 0.3) is 0 Å². The predicted octanol–water partition coefficient (Wildman–Crippen LogP) is 2.17. The fraction of sp³-hybridized carbons (Fsp3) is 0.375. The van der Waals surface area contributed by atoms with E-state index in [9.17, 15) is 0 Å². The van der Waals surface area contributed by atoms with Crippen molar-refractivity contribution in [1.29, 1.82) is 0 Å². The van der Waals surface area contributed by atoms with E-state index in [0.29, 0.717) is 19.7 Å². The minimum Gasteiger partial charge on any atom is -0.492 e. The van der Waals surface area contributed by atoms with E-state index < -0.39 is 0 Å². The maximum atomic E-state index is 5.64. The van der Waals surface area contributed by atoms with Crippen molar-refractivity contribution in [2.24, 2.45) is 12.0 Å². The summed E-state index contributed by atoms with van der Waals surface area (Å²) in [6.45, 7) is 4.73. The molecule has 7 heteroatoms. The molecule has 23 heavy (non-hydrogen) atoms. The van der Waals surface area contributed by atoms with Gasteiger partial charge in [-0.15, -0.1) is 24.0 Å². The van der Waals surface area contributed by atoms with Gasteiger partial charge in [0.2, 0.25) is 0 Å². The van der Waals surface area contributed by atoms with Gasteiger partial charge < -0.3 is 15.4 Å². The molecule has 0 amide bonds. The monoisotopic (exact) mass is 429 g/mol. The van der Waals surface area contributed by atoms with Crippen LogP contribution in [0.2, 0.25) is 0 Å². The largest absolute Gasteiger partial charge is 0.492 e. The zero-order valence-electron chi connectivity index (χ0n) is 13.5. The quantitative estimate of drug-likeness (QED) is 0.307. The van der Waals surface area contributed by atoms with Crippen molar-refractivity contribution in [2.45, 2.75) is 13.5 Å². The van der Waals surface area contributed by atoms with Crippen LogP contribution in [0.3, 0.4) is 0 Å². The van der Waals surface area contributed by atoms with Gasteiger partial charge in [-0.2, -0.15) is 5.10 Å². The standard InChI is InChI=1S/C16H23N5O.HI/c1-3-17-16(19-11-14-12-20-21(2)13-14)18-9-10-22-15-7-5-4-6-8-15;/h4-8,12-13H,3,9-11H2,1-2H3,(H2,17,18,19);1H. The van der Waals surface area contributed by atoms with Crippen molar-refractivity contribution in [1.82, 2.24) is 20.4 Å². The Labute approximate surface area is 154 Å². The van der Waals surface area contributed by atoms with E-state index in [2.05, 4.69) is 20.7 Å². The first-order valence-corrected chi connectivity index (χ1v) is 7.45. The van der Waals surface area contributed by atoms with Crippen LogP contribution in [0, 0.1) is 0 Å². The zero-order valence-corrected chi connectivity index (χ0v) is 15.9. The molecular formula is C16H24IN5O. The second kappa shape index (κ2) is 10.9. The summed E-state index contributed by atoms with van der Waals surface area (Å²) >= 11 is 0. The number of guanidine groups is 1. The lowest BCUT2D eigenvalue weighted by atomic mass is 10.3. The molecule has 0 fully saturated rings. The molecule has 6 nitrogen and oxygen atoms in total. The van der Waals surface area contributed by atoms with E-state index in [1.165, 1.54) is 0 Å². The van der Waals surface area contributed by atoms with Gasteiger partial charge in [0.15, 0.2) is 5.96 Å². The highest BCUT2D eigenvalue weighted by atomic mass is 127. The molecule has 2 N–H and O–H groups in total. The van der Waals surface area contributed by atoms with Gasteiger partial charge in [0, 0.05) is 25.4 Å². The first-order chi connectivity index (χ1) is 10.8. The van der Waals surface area contributed by atoms with Crippen molar-refractivity contribution in [3.63, 3.8) is 0 Å².